The Bertz CT molecular complexity index is 471. The lowest BCUT2D eigenvalue weighted by Gasteiger charge is -2.28. The Morgan fingerprint density at radius 3 is 2.55 bits per heavy atom. The zero-order valence-corrected chi connectivity index (χ0v) is 12.5. The van der Waals surface area contributed by atoms with Crippen LogP contribution in [0.2, 0.25) is 5.02 Å². The number of nitro benzene ring substituents is 1. The van der Waals surface area contributed by atoms with Gasteiger partial charge in [-0.25, -0.2) is 0 Å². The van der Waals surface area contributed by atoms with E-state index in [9.17, 15) is 10.1 Å². The molecule has 4 nitrogen and oxygen atoms in total. The molecule has 0 aromatic heterocycles. The van der Waals surface area contributed by atoms with Gasteiger partial charge in [-0.15, -0.1) is 0 Å². The van der Waals surface area contributed by atoms with Gasteiger partial charge in [0.2, 0.25) is 0 Å². The minimum Gasteiger partial charge on any atom is -0.379 e. The van der Waals surface area contributed by atoms with Crippen LogP contribution >= 0.6 is 11.6 Å². The second-order valence-corrected chi connectivity index (χ2v) is 6.03. The molecule has 1 aliphatic carbocycles. The maximum Gasteiger partial charge on any atom is 0.293 e. The molecule has 0 radical (unpaired) electrons. The standard InChI is InChI=1S/C15H21ClN2O2/c1-2-11-3-5-12(6-4-11)10-17-14-8-7-13(16)9-15(14)18(19)20/h7-9,11-12,17H,2-6,10H2,1H3. The molecule has 110 valence electrons. The van der Waals surface area contributed by atoms with E-state index in [1.54, 1.807) is 12.1 Å². The molecule has 0 amide bonds. The summed E-state index contributed by atoms with van der Waals surface area (Å²) < 4.78 is 0. The van der Waals surface area contributed by atoms with Gasteiger partial charge in [0.15, 0.2) is 0 Å². The van der Waals surface area contributed by atoms with Crippen LogP contribution in [0, 0.1) is 22.0 Å². The Balaban J connectivity index is 1.93. The highest BCUT2D eigenvalue weighted by atomic mass is 35.5. The van der Waals surface area contributed by atoms with Gasteiger partial charge in [0.25, 0.3) is 5.69 Å². The third-order valence-electron chi connectivity index (χ3n) is 4.28. The number of halogens is 1. The molecular formula is C15H21ClN2O2. The van der Waals surface area contributed by atoms with Crippen molar-refractivity contribution >= 4 is 23.0 Å². The summed E-state index contributed by atoms with van der Waals surface area (Å²) in [6.07, 6.45) is 6.26. The number of nitrogens with one attached hydrogen (secondary N) is 1. The Morgan fingerprint density at radius 1 is 1.30 bits per heavy atom. The second kappa shape index (κ2) is 6.93. The predicted molar refractivity (Wildman–Crippen MR) is 82.3 cm³/mol. The van der Waals surface area contributed by atoms with Crippen LogP contribution in [-0.2, 0) is 0 Å². The smallest absolute Gasteiger partial charge is 0.293 e. The van der Waals surface area contributed by atoms with Crippen molar-refractivity contribution in [3.63, 3.8) is 0 Å². The van der Waals surface area contributed by atoms with Gasteiger partial charge in [-0.1, -0.05) is 37.8 Å². The van der Waals surface area contributed by atoms with E-state index in [0.717, 1.165) is 12.5 Å². The molecule has 0 atom stereocenters. The summed E-state index contributed by atoms with van der Waals surface area (Å²) in [4.78, 5) is 10.6. The summed E-state index contributed by atoms with van der Waals surface area (Å²) in [5, 5.41) is 14.6. The van der Waals surface area contributed by atoms with Crippen molar-refractivity contribution in [2.75, 3.05) is 11.9 Å². The van der Waals surface area contributed by atoms with E-state index in [-0.39, 0.29) is 10.6 Å². The Hall–Kier alpha value is -1.29. The molecule has 1 fully saturated rings. The largest absolute Gasteiger partial charge is 0.379 e. The first-order valence-electron chi connectivity index (χ1n) is 7.28. The van der Waals surface area contributed by atoms with Gasteiger partial charge in [-0.3, -0.25) is 10.1 Å². The molecule has 2 rings (SSSR count). The minimum absolute atomic E-state index is 0.0553. The molecule has 5 heteroatoms. The minimum atomic E-state index is -0.387. The first kappa shape index (κ1) is 15.1. The molecular weight excluding hydrogens is 276 g/mol. The first-order valence-corrected chi connectivity index (χ1v) is 7.65. The highest BCUT2D eigenvalue weighted by Gasteiger charge is 2.21. The summed E-state index contributed by atoms with van der Waals surface area (Å²) >= 11 is 5.81. The highest BCUT2D eigenvalue weighted by Crippen LogP contribution is 2.32. The Labute approximate surface area is 124 Å². The van der Waals surface area contributed by atoms with Crippen LogP contribution in [0.1, 0.15) is 39.0 Å². The van der Waals surface area contributed by atoms with Crippen LogP contribution in [0.4, 0.5) is 11.4 Å². The predicted octanol–water partition coefficient (Wildman–Crippen LogP) is 4.88. The number of rotatable bonds is 5. The molecule has 1 aromatic carbocycles. The topological polar surface area (TPSA) is 55.2 Å². The SMILES string of the molecule is CCC1CCC(CNc2ccc(Cl)cc2[N+](=O)[O-])CC1. The summed E-state index contributed by atoms with van der Waals surface area (Å²) in [6.45, 7) is 3.05. The van der Waals surface area contributed by atoms with Crippen molar-refractivity contribution in [3.8, 4) is 0 Å². The number of anilines is 1. The molecule has 1 aliphatic rings. The van der Waals surface area contributed by atoms with Crippen molar-refractivity contribution < 1.29 is 4.92 Å². The van der Waals surface area contributed by atoms with Gasteiger partial charge in [-0.05, 0) is 36.8 Å². The molecule has 0 aliphatic heterocycles. The zero-order chi connectivity index (χ0) is 14.5. The van der Waals surface area contributed by atoms with Gasteiger partial charge in [-0.2, -0.15) is 0 Å². The van der Waals surface area contributed by atoms with Crippen LogP contribution < -0.4 is 5.32 Å². The molecule has 0 spiro atoms. The second-order valence-electron chi connectivity index (χ2n) is 5.59. The molecule has 1 N–H and O–H groups in total. The molecule has 1 aromatic rings. The van der Waals surface area contributed by atoms with Crippen LogP contribution in [-0.4, -0.2) is 11.5 Å². The third-order valence-corrected chi connectivity index (χ3v) is 4.52. The van der Waals surface area contributed by atoms with Gasteiger partial charge in [0.05, 0.1) is 4.92 Å². The third kappa shape index (κ3) is 3.85. The number of hydrogen-bond donors (Lipinski definition) is 1. The summed E-state index contributed by atoms with van der Waals surface area (Å²) in [6, 6.07) is 4.78. The summed E-state index contributed by atoms with van der Waals surface area (Å²) in [7, 11) is 0. The van der Waals surface area contributed by atoms with Crippen molar-refractivity contribution in [2.45, 2.75) is 39.0 Å². The fourth-order valence-corrected chi connectivity index (χ4v) is 3.07. The molecule has 0 unspecified atom stereocenters. The van der Waals surface area contributed by atoms with Crippen LogP contribution in [0.15, 0.2) is 18.2 Å². The van der Waals surface area contributed by atoms with Gasteiger partial charge >= 0.3 is 0 Å². The number of nitro groups is 1. The Kier molecular flexibility index (Phi) is 5.24. The quantitative estimate of drug-likeness (QED) is 0.622. The lowest BCUT2D eigenvalue weighted by Crippen LogP contribution is -2.21. The Morgan fingerprint density at radius 2 is 1.95 bits per heavy atom. The lowest BCUT2D eigenvalue weighted by atomic mass is 9.81. The summed E-state index contributed by atoms with van der Waals surface area (Å²) in [5.41, 5.74) is 0.622. The molecule has 1 saturated carbocycles. The number of hydrogen-bond acceptors (Lipinski definition) is 3. The number of nitrogens with zero attached hydrogens (tertiary/aromatic N) is 1. The normalized spacial score (nSPS) is 22.5. The van der Waals surface area contributed by atoms with Crippen molar-refractivity contribution in [3.05, 3.63) is 33.3 Å². The van der Waals surface area contributed by atoms with Crippen molar-refractivity contribution in [1.29, 1.82) is 0 Å². The molecule has 20 heavy (non-hydrogen) atoms. The molecule has 0 heterocycles. The monoisotopic (exact) mass is 296 g/mol. The fourth-order valence-electron chi connectivity index (χ4n) is 2.90. The maximum atomic E-state index is 11.0. The zero-order valence-electron chi connectivity index (χ0n) is 11.8. The van der Waals surface area contributed by atoms with Gasteiger partial charge in [0.1, 0.15) is 5.69 Å². The molecule has 0 saturated heterocycles. The van der Waals surface area contributed by atoms with E-state index in [2.05, 4.69) is 12.2 Å². The van der Waals surface area contributed by atoms with Gasteiger partial charge in [0, 0.05) is 17.6 Å². The highest BCUT2D eigenvalue weighted by molar-refractivity contribution is 6.30. The fraction of sp³-hybridized carbons (Fsp3) is 0.600. The number of benzene rings is 1. The molecule has 0 bridgehead atoms. The van der Waals surface area contributed by atoms with E-state index in [1.165, 1.54) is 38.2 Å². The summed E-state index contributed by atoms with van der Waals surface area (Å²) in [5.74, 6) is 1.49. The average molecular weight is 297 g/mol. The van der Waals surface area contributed by atoms with E-state index in [1.807, 2.05) is 0 Å². The van der Waals surface area contributed by atoms with E-state index in [0.29, 0.717) is 16.6 Å². The van der Waals surface area contributed by atoms with Crippen molar-refractivity contribution in [2.24, 2.45) is 11.8 Å². The maximum absolute atomic E-state index is 11.0. The van der Waals surface area contributed by atoms with Crippen molar-refractivity contribution in [1.82, 2.24) is 0 Å². The lowest BCUT2D eigenvalue weighted by molar-refractivity contribution is -0.383. The van der Waals surface area contributed by atoms with E-state index in [4.69, 9.17) is 11.6 Å². The van der Waals surface area contributed by atoms with E-state index < -0.39 is 0 Å². The average Bonchev–Trinajstić information content (AvgIpc) is 2.46. The van der Waals surface area contributed by atoms with Gasteiger partial charge < -0.3 is 5.32 Å². The van der Waals surface area contributed by atoms with Crippen LogP contribution in [0.3, 0.4) is 0 Å². The van der Waals surface area contributed by atoms with E-state index >= 15 is 0 Å². The van der Waals surface area contributed by atoms with Crippen LogP contribution in [0.25, 0.3) is 0 Å². The first-order chi connectivity index (χ1) is 9.60. The van der Waals surface area contributed by atoms with Crippen LogP contribution in [0.5, 0.6) is 0 Å².